The number of aliphatic hydroxyl groups is 7. The Morgan fingerprint density at radius 2 is 1.23 bits per heavy atom. The highest BCUT2D eigenvalue weighted by Gasteiger charge is 2.47. The van der Waals surface area contributed by atoms with Gasteiger partial charge in [-0.1, -0.05) is 0 Å². The summed E-state index contributed by atoms with van der Waals surface area (Å²) in [7, 11) is 0. The first-order valence-electron chi connectivity index (χ1n) is 6.95. The topological polar surface area (TPSA) is 169 Å². The van der Waals surface area contributed by atoms with Gasteiger partial charge in [0.15, 0.2) is 6.29 Å². The second-order valence-corrected chi connectivity index (χ2v) is 5.40. The molecule has 0 saturated carbocycles. The van der Waals surface area contributed by atoms with Crippen LogP contribution in [0.4, 0.5) is 0 Å². The summed E-state index contributed by atoms with van der Waals surface area (Å²) in [5.41, 5.74) is 0. The zero-order valence-electron chi connectivity index (χ0n) is 11.7. The molecule has 9 atom stereocenters. The fourth-order valence-corrected chi connectivity index (χ4v) is 2.58. The summed E-state index contributed by atoms with van der Waals surface area (Å²) in [5.74, 6) is 0. The highest BCUT2D eigenvalue weighted by atomic mass is 16.7. The van der Waals surface area contributed by atoms with Gasteiger partial charge >= 0.3 is 0 Å². The van der Waals surface area contributed by atoms with E-state index >= 15 is 0 Å². The van der Waals surface area contributed by atoms with Gasteiger partial charge in [-0.3, -0.25) is 0 Å². The minimum absolute atomic E-state index is 0.307. The number of ether oxygens (including phenoxy) is 3. The van der Waals surface area contributed by atoms with Gasteiger partial charge in [-0.15, -0.1) is 0 Å². The summed E-state index contributed by atoms with van der Waals surface area (Å²) >= 11 is 0. The average molecular weight is 326 g/mol. The molecule has 2 fully saturated rings. The summed E-state index contributed by atoms with van der Waals surface area (Å²) in [5, 5.41) is 66.6. The molecule has 2 saturated heterocycles. The van der Waals surface area contributed by atoms with E-state index < -0.39 is 68.3 Å². The van der Waals surface area contributed by atoms with E-state index in [1.807, 2.05) is 0 Å². The van der Waals surface area contributed by atoms with E-state index in [9.17, 15) is 25.5 Å². The lowest BCUT2D eigenvalue weighted by Gasteiger charge is -2.40. The molecule has 0 spiro atoms. The van der Waals surface area contributed by atoms with Gasteiger partial charge in [-0.25, -0.2) is 0 Å². The molecule has 10 heteroatoms. The second-order valence-electron chi connectivity index (χ2n) is 5.40. The van der Waals surface area contributed by atoms with Crippen molar-refractivity contribution in [3.05, 3.63) is 0 Å². The standard InChI is InChI=1S/C12H22O10/c13-1-4-7(15)8(16)6(21-4)3-20-11-9(17)5(2-14)22-12(19)10(11)18/h4-19H,1-3H2. The van der Waals surface area contributed by atoms with Crippen LogP contribution in [0.2, 0.25) is 0 Å². The lowest BCUT2D eigenvalue weighted by Crippen LogP contribution is -2.59. The highest BCUT2D eigenvalue weighted by Crippen LogP contribution is 2.25. The Balaban J connectivity index is 1.94. The van der Waals surface area contributed by atoms with Crippen molar-refractivity contribution in [1.29, 1.82) is 0 Å². The van der Waals surface area contributed by atoms with Crippen molar-refractivity contribution in [3.63, 3.8) is 0 Å². The average Bonchev–Trinajstić information content (AvgIpc) is 2.78. The first-order chi connectivity index (χ1) is 10.4. The monoisotopic (exact) mass is 326 g/mol. The zero-order valence-corrected chi connectivity index (χ0v) is 11.7. The van der Waals surface area contributed by atoms with E-state index in [0.717, 1.165) is 0 Å². The van der Waals surface area contributed by atoms with Crippen LogP contribution in [0.15, 0.2) is 0 Å². The van der Waals surface area contributed by atoms with Crippen LogP contribution in [-0.2, 0) is 14.2 Å². The SMILES string of the molecule is OCC1OC(COC2C(O)C(O)OC(CO)C2O)C(O)C1O. The first-order valence-corrected chi connectivity index (χ1v) is 6.95. The number of hydrogen-bond donors (Lipinski definition) is 7. The van der Waals surface area contributed by atoms with E-state index in [-0.39, 0.29) is 6.61 Å². The summed E-state index contributed by atoms with van der Waals surface area (Å²) < 4.78 is 15.3. The van der Waals surface area contributed by atoms with Gasteiger partial charge in [0.2, 0.25) is 0 Å². The zero-order chi connectivity index (χ0) is 16.4. The van der Waals surface area contributed by atoms with Crippen LogP contribution in [-0.4, -0.2) is 111 Å². The predicted octanol–water partition coefficient (Wildman–Crippen LogP) is -4.72. The molecule has 0 bridgehead atoms. The van der Waals surface area contributed by atoms with Crippen LogP contribution in [0.3, 0.4) is 0 Å². The Bertz CT molecular complexity index is 355. The molecule has 2 aliphatic rings. The molecule has 0 amide bonds. The predicted molar refractivity (Wildman–Crippen MR) is 67.5 cm³/mol. The first kappa shape index (κ1) is 17.9. The minimum atomic E-state index is -1.64. The van der Waals surface area contributed by atoms with Crippen LogP contribution < -0.4 is 0 Å². The summed E-state index contributed by atoms with van der Waals surface area (Å²) in [6, 6.07) is 0. The van der Waals surface area contributed by atoms with Gasteiger partial charge in [0, 0.05) is 0 Å². The molecule has 0 aromatic rings. The maximum absolute atomic E-state index is 9.93. The van der Waals surface area contributed by atoms with Crippen molar-refractivity contribution in [2.24, 2.45) is 0 Å². The number of rotatable bonds is 5. The Morgan fingerprint density at radius 3 is 1.77 bits per heavy atom. The Hall–Kier alpha value is -0.400. The minimum Gasteiger partial charge on any atom is -0.394 e. The highest BCUT2D eigenvalue weighted by molar-refractivity contribution is 4.93. The van der Waals surface area contributed by atoms with Crippen LogP contribution in [0.25, 0.3) is 0 Å². The molecule has 0 aliphatic carbocycles. The van der Waals surface area contributed by atoms with E-state index in [1.54, 1.807) is 0 Å². The molecule has 9 unspecified atom stereocenters. The van der Waals surface area contributed by atoms with Gasteiger partial charge in [0.05, 0.1) is 19.8 Å². The van der Waals surface area contributed by atoms with Crippen LogP contribution in [0.5, 0.6) is 0 Å². The third-order valence-corrected chi connectivity index (χ3v) is 3.93. The van der Waals surface area contributed by atoms with Crippen LogP contribution >= 0.6 is 0 Å². The van der Waals surface area contributed by atoms with Gasteiger partial charge in [-0.05, 0) is 0 Å². The quantitative estimate of drug-likeness (QED) is 0.260. The number of aliphatic hydroxyl groups excluding tert-OH is 7. The van der Waals surface area contributed by atoms with Crippen molar-refractivity contribution in [2.75, 3.05) is 19.8 Å². The summed E-state index contributed by atoms with van der Waals surface area (Å²) in [4.78, 5) is 0. The normalized spacial score (nSPS) is 49.5. The van der Waals surface area contributed by atoms with Crippen molar-refractivity contribution in [1.82, 2.24) is 0 Å². The van der Waals surface area contributed by atoms with Gasteiger partial charge in [0.25, 0.3) is 0 Å². The van der Waals surface area contributed by atoms with Crippen molar-refractivity contribution in [3.8, 4) is 0 Å². The van der Waals surface area contributed by atoms with E-state index in [2.05, 4.69) is 0 Å². The lowest BCUT2D eigenvalue weighted by molar-refractivity contribution is -0.297. The van der Waals surface area contributed by atoms with Gasteiger partial charge < -0.3 is 50.0 Å². The third kappa shape index (κ3) is 3.41. The van der Waals surface area contributed by atoms with Crippen LogP contribution in [0, 0.1) is 0 Å². The van der Waals surface area contributed by atoms with Gasteiger partial charge in [0.1, 0.15) is 48.8 Å². The molecule has 22 heavy (non-hydrogen) atoms. The summed E-state index contributed by atoms with van der Waals surface area (Å²) in [6.07, 6.45) is -11.5. The van der Waals surface area contributed by atoms with Gasteiger partial charge in [-0.2, -0.15) is 0 Å². The molecule has 0 aromatic heterocycles. The molecular weight excluding hydrogens is 304 g/mol. The fraction of sp³-hybridized carbons (Fsp3) is 1.00. The molecule has 2 aliphatic heterocycles. The van der Waals surface area contributed by atoms with E-state index in [1.165, 1.54) is 0 Å². The molecule has 2 rings (SSSR count). The molecule has 0 aromatic carbocycles. The van der Waals surface area contributed by atoms with Crippen molar-refractivity contribution >= 4 is 0 Å². The van der Waals surface area contributed by atoms with Crippen molar-refractivity contribution < 1.29 is 50.0 Å². The Kier molecular flexibility index (Phi) is 6.07. The molecule has 10 nitrogen and oxygen atoms in total. The maximum atomic E-state index is 9.93. The smallest absolute Gasteiger partial charge is 0.184 e. The molecule has 2 heterocycles. The molecular formula is C12H22O10. The molecule has 0 radical (unpaired) electrons. The lowest BCUT2D eigenvalue weighted by atomic mass is 9.99. The van der Waals surface area contributed by atoms with E-state index in [4.69, 9.17) is 24.4 Å². The third-order valence-electron chi connectivity index (χ3n) is 3.93. The molecule has 7 N–H and O–H groups in total. The van der Waals surface area contributed by atoms with Crippen LogP contribution in [0.1, 0.15) is 0 Å². The largest absolute Gasteiger partial charge is 0.394 e. The number of hydrogen-bond acceptors (Lipinski definition) is 10. The van der Waals surface area contributed by atoms with E-state index in [0.29, 0.717) is 0 Å². The van der Waals surface area contributed by atoms with Crippen molar-refractivity contribution in [2.45, 2.75) is 55.1 Å². The Morgan fingerprint density at radius 1 is 0.682 bits per heavy atom. The fourth-order valence-electron chi connectivity index (χ4n) is 2.58. The molecule has 130 valence electrons. The second kappa shape index (κ2) is 7.45. The summed E-state index contributed by atoms with van der Waals surface area (Å²) in [6.45, 7) is -1.38. The maximum Gasteiger partial charge on any atom is 0.184 e. The Labute approximate surface area is 126 Å².